The molecule has 0 unspecified atom stereocenters. The maximum Gasteiger partial charge on any atom is 0.272 e. The number of pyridine rings is 1. The van der Waals surface area contributed by atoms with Crippen LogP contribution in [0.5, 0.6) is 11.5 Å². The zero-order chi connectivity index (χ0) is 19.1. The lowest BCUT2D eigenvalue weighted by Gasteiger charge is -2.34. The SMILES string of the molecule is CCOc1ccc(OCC(=O)N2CCN(C(=O)c3ccccn3)CC2)cc1. The molecule has 2 heterocycles. The second-order valence-corrected chi connectivity index (χ2v) is 6.08. The van der Waals surface area contributed by atoms with Crippen molar-refractivity contribution < 1.29 is 19.1 Å². The van der Waals surface area contributed by atoms with E-state index in [1.54, 1.807) is 46.3 Å². The first-order chi connectivity index (χ1) is 13.2. The highest BCUT2D eigenvalue weighted by Crippen LogP contribution is 2.17. The van der Waals surface area contributed by atoms with Gasteiger partial charge < -0.3 is 19.3 Å². The minimum Gasteiger partial charge on any atom is -0.494 e. The summed E-state index contributed by atoms with van der Waals surface area (Å²) in [5.74, 6) is 1.20. The quantitative estimate of drug-likeness (QED) is 0.777. The molecular weight excluding hydrogens is 346 g/mol. The van der Waals surface area contributed by atoms with E-state index in [0.29, 0.717) is 44.2 Å². The molecule has 7 nitrogen and oxygen atoms in total. The first kappa shape index (κ1) is 18.7. The Morgan fingerprint density at radius 2 is 1.56 bits per heavy atom. The van der Waals surface area contributed by atoms with Gasteiger partial charge in [0.1, 0.15) is 17.2 Å². The van der Waals surface area contributed by atoms with Crippen LogP contribution in [0.1, 0.15) is 17.4 Å². The molecule has 2 aromatic rings. The van der Waals surface area contributed by atoms with Crippen molar-refractivity contribution in [2.45, 2.75) is 6.92 Å². The molecule has 0 aliphatic carbocycles. The molecule has 0 radical (unpaired) electrons. The second kappa shape index (κ2) is 9.02. The van der Waals surface area contributed by atoms with Crippen LogP contribution in [0.4, 0.5) is 0 Å². The summed E-state index contributed by atoms with van der Waals surface area (Å²) in [5.41, 5.74) is 0.427. The predicted molar refractivity (Wildman–Crippen MR) is 99.8 cm³/mol. The van der Waals surface area contributed by atoms with Crippen molar-refractivity contribution in [3.63, 3.8) is 0 Å². The van der Waals surface area contributed by atoms with Crippen molar-refractivity contribution in [2.75, 3.05) is 39.4 Å². The van der Waals surface area contributed by atoms with Crippen molar-refractivity contribution in [1.29, 1.82) is 0 Å². The maximum atomic E-state index is 12.4. The van der Waals surface area contributed by atoms with Gasteiger partial charge in [0.2, 0.25) is 0 Å². The average molecular weight is 369 g/mol. The molecule has 1 fully saturated rings. The van der Waals surface area contributed by atoms with Gasteiger partial charge in [-0.2, -0.15) is 0 Å². The number of ether oxygens (including phenoxy) is 2. The van der Waals surface area contributed by atoms with E-state index in [1.807, 2.05) is 19.1 Å². The molecule has 1 saturated heterocycles. The molecule has 142 valence electrons. The second-order valence-electron chi connectivity index (χ2n) is 6.08. The molecule has 0 atom stereocenters. The Morgan fingerprint density at radius 1 is 0.926 bits per heavy atom. The Balaban J connectivity index is 1.45. The number of carbonyl (C=O) groups is 2. The van der Waals surface area contributed by atoms with Gasteiger partial charge in [0.05, 0.1) is 6.61 Å². The highest BCUT2D eigenvalue weighted by atomic mass is 16.5. The summed E-state index contributed by atoms with van der Waals surface area (Å²) in [6.07, 6.45) is 1.60. The minimum atomic E-state index is -0.103. The van der Waals surface area contributed by atoms with E-state index in [2.05, 4.69) is 4.98 Å². The van der Waals surface area contributed by atoms with Gasteiger partial charge in [0, 0.05) is 32.4 Å². The molecule has 0 spiro atoms. The molecule has 0 saturated carbocycles. The molecule has 1 aromatic heterocycles. The van der Waals surface area contributed by atoms with Gasteiger partial charge in [-0.05, 0) is 43.3 Å². The summed E-state index contributed by atoms with van der Waals surface area (Å²) < 4.78 is 10.9. The summed E-state index contributed by atoms with van der Waals surface area (Å²) in [6.45, 7) is 4.46. The van der Waals surface area contributed by atoms with Crippen LogP contribution in [0.25, 0.3) is 0 Å². The van der Waals surface area contributed by atoms with E-state index < -0.39 is 0 Å². The number of aromatic nitrogens is 1. The fourth-order valence-electron chi connectivity index (χ4n) is 2.85. The van der Waals surface area contributed by atoms with Crippen LogP contribution in [0.2, 0.25) is 0 Å². The predicted octanol–water partition coefficient (Wildman–Crippen LogP) is 1.84. The van der Waals surface area contributed by atoms with E-state index in [1.165, 1.54) is 0 Å². The molecule has 7 heteroatoms. The Kier molecular flexibility index (Phi) is 6.25. The molecular formula is C20H23N3O4. The molecule has 27 heavy (non-hydrogen) atoms. The average Bonchev–Trinajstić information content (AvgIpc) is 2.73. The van der Waals surface area contributed by atoms with Crippen LogP contribution in [-0.4, -0.2) is 66.0 Å². The number of hydrogen-bond acceptors (Lipinski definition) is 5. The van der Waals surface area contributed by atoms with E-state index in [9.17, 15) is 9.59 Å². The molecule has 1 aliphatic heterocycles. The Labute approximate surface area is 158 Å². The Hall–Kier alpha value is -3.09. The zero-order valence-corrected chi connectivity index (χ0v) is 15.3. The highest BCUT2D eigenvalue weighted by Gasteiger charge is 2.25. The van der Waals surface area contributed by atoms with Crippen LogP contribution in [0.3, 0.4) is 0 Å². The van der Waals surface area contributed by atoms with E-state index in [0.717, 1.165) is 5.75 Å². The normalized spacial score (nSPS) is 14.0. The summed E-state index contributed by atoms with van der Waals surface area (Å²) >= 11 is 0. The van der Waals surface area contributed by atoms with Crippen molar-refractivity contribution in [1.82, 2.24) is 14.8 Å². The summed E-state index contributed by atoms with van der Waals surface area (Å²) in [6, 6.07) is 12.4. The van der Waals surface area contributed by atoms with Crippen LogP contribution in [0.15, 0.2) is 48.7 Å². The lowest BCUT2D eigenvalue weighted by atomic mass is 10.2. The van der Waals surface area contributed by atoms with Crippen LogP contribution in [-0.2, 0) is 4.79 Å². The van der Waals surface area contributed by atoms with Crippen molar-refractivity contribution in [3.8, 4) is 11.5 Å². The van der Waals surface area contributed by atoms with Crippen molar-refractivity contribution >= 4 is 11.8 Å². The molecule has 0 bridgehead atoms. The third-order valence-electron chi connectivity index (χ3n) is 4.30. The zero-order valence-electron chi connectivity index (χ0n) is 15.3. The molecule has 0 N–H and O–H groups in total. The van der Waals surface area contributed by atoms with Crippen LogP contribution in [0, 0.1) is 0 Å². The standard InChI is InChI=1S/C20H23N3O4/c1-2-26-16-6-8-17(9-7-16)27-15-19(24)22-11-13-23(14-12-22)20(25)18-5-3-4-10-21-18/h3-10H,2,11-15H2,1H3. The van der Waals surface area contributed by atoms with Gasteiger partial charge in [-0.15, -0.1) is 0 Å². The summed E-state index contributed by atoms with van der Waals surface area (Å²) in [4.78, 5) is 32.3. The topological polar surface area (TPSA) is 72.0 Å². The monoisotopic (exact) mass is 369 g/mol. The number of amides is 2. The fraction of sp³-hybridized carbons (Fsp3) is 0.350. The number of rotatable bonds is 6. The summed E-state index contributed by atoms with van der Waals surface area (Å²) in [7, 11) is 0. The lowest BCUT2D eigenvalue weighted by molar-refractivity contribution is -0.134. The number of nitrogens with zero attached hydrogens (tertiary/aromatic N) is 3. The van der Waals surface area contributed by atoms with Gasteiger partial charge in [-0.1, -0.05) is 6.07 Å². The lowest BCUT2D eigenvalue weighted by Crippen LogP contribution is -2.51. The third-order valence-corrected chi connectivity index (χ3v) is 4.30. The molecule has 3 rings (SSSR count). The molecule has 1 aliphatic rings. The van der Waals surface area contributed by atoms with Gasteiger partial charge in [0.15, 0.2) is 6.61 Å². The van der Waals surface area contributed by atoms with Crippen LogP contribution < -0.4 is 9.47 Å². The number of benzene rings is 1. The maximum absolute atomic E-state index is 12.4. The first-order valence-corrected chi connectivity index (χ1v) is 9.01. The van der Waals surface area contributed by atoms with Gasteiger partial charge in [-0.25, -0.2) is 0 Å². The van der Waals surface area contributed by atoms with Crippen molar-refractivity contribution in [3.05, 3.63) is 54.4 Å². The Morgan fingerprint density at radius 3 is 2.15 bits per heavy atom. The summed E-state index contributed by atoms with van der Waals surface area (Å²) in [5, 5.41) is 0. The van der Waals surface area contributed by atoms with Gasteiger partial charge in [0.25, 0.3) is 11.8 Å². The van der Waals surface area contributed by atoms with E-state index in [4.69, 9.17) is 9.47 Å². The highest BCUT2D eigenvalue weighted by molar-refractivity contribution is 5.92. The number of hydrogen-bond donors (Lipinski definition) is 0. The van der Waals surface area contributed by atoms with E-state index in [-0.39, 0.29) is 18.4 Å². The minimum absolute atomic E-state index is 0.0256. The number of piperazine rings is 1. The largest absolute Gasteiger partial charge is 0.494 e. The van der Waals surface area contributed by atoms with Gasteiger partial charge in [-0.3, -0.25) is 14.6 Å². The van der Waals surface area contributed by atoms with Crippen molar-refractivity contribution in [2.24, 2.45) is 0 Å². The van der Waals surface area contributed by atoms with E-state index >= 15 is 0 Å². The Bertz CT molecular complexity index is 757. The third kappa shape index (κ3) is 4.97. The number of carbonyl (C=O) groups excluding carboxylic acids is 2. The smallest absolute Gasteiger partial charge is 0.272 e. The molecule has 1 aromatic carbocycles. The van der Waals surface area contributed by atoms with Gasteiger partial charge >= 0.3 is 0 Å². The van der Waals surface area contributed by atoms with Crippen LogP contribution >= 0.6 is 0 Å². The first-order valence-electron chi connectivity index (χ1n) is 9.01. The fourth-order valence-corrected chi connectivity index (χ4v) is 2.85. The molecule has 2 amide bonds.